The fraction of sp³-hybridized carbons (Fsp3) is 0.176. The Hall–Kier alpha value is -2.42. The van der Waals surface area contributed by atoms with Gasteiger partial charge in [-0.25, -0.2) is 0 Å². The molecule has 0 aliphatic heterocycles. The molecule has 0 spiro atoms. The summed E-state index contributed by atoms with van der Waals surface area (Å²) in [6.45, 7) is 1.79. The number of thiophene rings is 1. The Morgan fingerprint density at radius 1 is 1.50 bits per heavy atom. The molecule has 0 aliphatic rings. The van der Waals surface area contributed by atoms with Crippen LogP contribution >= 0.6 is 11.3 Å². The topological polar surface area (TPSA) is 73.1 Å². The number of hydrogen-bond donors (Lipinski definition) is 2. The maximum Gasteiger partial charge on any atom is 0.244 e. The van der Waals surface area contributed by atoms with Crippen LogP contribution in [0.4, 0.5) is 0 Å². The second-order valence-electron chi connectivity index (χ2n) is 5.07. The van der Waals surface area contributed by atoms with Gasteiger partial charge in [0.2, 0.25) is 5.91 Å². The van der Waals surface area contributed by atoms with E-state index in [0.29, 0.717) is 5.56 Å². The molecule has 0 radical (unpaired) electrons. The van der Waals surface area contributed by atoms with Gasteiger partial charge in [0.1, 0.15) is 5.60 Å². The molecular formula is C17H16N2O2S. The van der Waals surface area contributed by atoms with Crippen molar-refractivity contribution >= 4 is 23.3 Å². The molecule has 0 bridgehead atoms. The van der Waals surface area contributed by atoms with Gasteiger partial charge in [0.05, 0.1) is 18.2 Å². The zero-order valence-corrected chi connectivity index (χ0v) is 12.9. The number of aliphatic hydroxyl groups is 1. The van der Waals surface area contributed by atoms with Crippen molar-refractivity contribution in [2.45, 2.75) is 12.5 Å². The van der Waals surface area contributed by atoms with Crippen LogP contribution in [0.15, 0.2) is 47.2 Å². The number of carbonyl (C=O) groups excluding carboxylic acids is 1. The maximum absolute atomic E-state index is 11.8. The standard InChI is InChI=1S/C17H16N2O2S/c1-17(21,15-7-8-22-11-15)12-19-16(20)6-5-13-3-2-4-14(9-13)10-18/h2-9,11,21H,12H2,1H3,(H,19,20). The maximum atomic E-state index is 11.8. The average Bonchev–Trinajstić information content (AvgIpc) is 3.06. The highest BCUT2D eigenvalue weighted by Gasteiger charge is 2.23. The number of carbonyl (C=O) groups is 1. The van der Waals surface area contributed by atoms with Gasteiger partial charge in [-0.2, -0.15) is 16.6 Å². The van der Waals surface area contributed by atoms with Gasteiger partial charge in [0.25, 0.3) is 0 Å². The molecule has 0 saturated heterocycles. The van der Waals surface area contributed by atoms with Crippen molar-refractivity contribution in [1.29, 1.82) is 5.26 Å². The number of nitriles is 1. The monoisotopic (exact) mass is 312 g/mol. The van der Waals surface area contributed by atoms with Gasteiger partial charge in [0.15, 0.2) is 0 Å². The molecule has 1 atom stereocenters. The molecule has 22 heavy (non-hydrogen) atoms. The summed E-state index contributed by atoms with van der Waals surface area (Å²) < 4.78 is 0. The predicted molar refractivity (Wildman–Crippen MR) is 87.1 cm³/mol. The van der Waals surface area contributed by atoms with Crippen molar-refractivity contribution in [2.75, 3.05) is 6.54 Å². The van der Waals surface area contributed by atoms with E-state index in [0.717, 1.165) is 11.1 Å². The average molecular weight is 312 g/mol. The number of hydrogen-bond acceptors (Lipinski definition) is 4. The quantitative estimate of drug-likeness (QED) is 0.834. The molecular weight excluding hydrogens is 296 g/mol. The summed E-state index contributed by atoms with van der Waals surface area (Å²) in [6, 6.07) is 10.9. The minimum Gasteiger partial charge on any atom is -0.384 e. The Morgan fingerprint density at radius 3 is 3.00 bits per heavy atom. The summed E-state index contributed by atoms with van der Waals surface area (Å²) in [5.41, 5.74) is 1.01. The molecule has 4 nitrogen and oxygen atoms in total. The molecule has 0 saturated carbocycles. The highest BCUT2D eigenvalue weighted by molar-refractivity contribution is 7.08. The van der Waals surface area contributed by atoms with E-state index in [2.05, 4.69) is 5.32 Å². The molecule has 2 rings (SSSR count). The number of rotatable bonds is 5. The van der Waals surface area contributed by atoms with E-state index in [1.165, 1.54) is 17.4 Å². The van der Waals surface area contributed by atoms with E-state index in [-0.39, 0.29) is 12.5 Å². The summed E-state index contributed by atoms with van der Waals surface area (Å²) in [6.07, 6.45) is 3.02. The van der Waals surface area contributed by atoms with Gasteiger partial charge in [-0.3, -0.25) is 4.79 Å². The van der Waals surface area contributed by atoms with Gasteiger partial charge < -0.3 is 10.4 Å². The van der Waals surface area contributed by atoms with Crippen LogP contribution in [0, 0.1) is 11.3 Å². The van der Waals surface area contributed by atoms with Gasteiger partial charge in [-0.15, -0.1) is 0 Å². The second kappa shape index (κ2) is 7.03. The lowest BCUT2D eigenvalue weighted by atomic mass is 9.99. The van der Waals surface area contributed by atoms with Gasteiger partial charge in [-0.05, 0) is 53.1 Å². The van der Waals surface area contributed by atoms with Crippen LogP contribution in [-0.4, -0.2) is 17.6 Å². The number of benzene rings is 1. The predicted octanol–water partition coefficient (Wildman–Crippen LogP) is 2.66. The SMILES string of the molecule is CC(O)(CNC(=O)C=Cc1cccc(C#N)c1)c1ccsc1. The Morgan fingerprint density at radius 2 is 2.32 bits per heavy atom. The molecule has 0 fully saturated rings. The van der Waals surface area contributed by atoms with E-state index < -0.39 is 5.60 Å². The Balaban J connectivity index is 1.93. The molecule has 112 valence electrons. The van der Waals surface area contributed by atoms with Crippen LogP contribution in [0.2, 0.25) is 0 Å². The molecule has 5 heteroatoms. The molecule has 1 aromatic heterocycles. The first-order valence-corrected chi connectivity index (χ1v) is 7.67. The van der Waals surface area contributed by atoms with Gasteiger partial charge in [-0.1, -0.05) is 12.1 Å². The lowest BCUT2D eigenvalue weighted by molar-refractivity contribution is -0.117. The fourth-order valence-corrected chi connectivity index (χ4v) is 2.66. The van der Waals surface area contributed by atoms with E-state index >= 15 is 0 Å². The minimum absolute atomic E-state index is 0.130. The summed E-state index contributed by atoms with van der Waals surface area (Å²) in [4.78, 5) is 11.8. The van der Waals surface area contributed by atoms with E-state index in [1.807, 2.05) is 29.0 Å². The Kier molecular flexibility index (Phi) is 5.10. The molecule has 1 amide bonds. The largest absolute Gasteiger partial charge is 0.384 e. The summed E-state index contributed by atoms with van der Waals surface area (Å²) in [5.74, 6) is -0.294. The summed E-state index contributed by atoms with van der Waals surface area (Å²) >= 11 is 1.50. The third-order valence-electron chi connectivity index (χ3n) is 3.19. The minimum atomic E-state index is -1.09. The number of nitrogens with one attached hydrogen (secondary N) is 1. The van der Waals surface area contributed by atoms with Crippen LogP contribution in [0.25, 0.3) is 6.08 Å². The molecule has 1 unspecified atom stereocenters. The highest BCUT2D eigenvalue weighted by Crippen LogP contribution is 2.21. The van der Waals surface area contributed by atoms with Crippen LogP contribution in [-0.2, 0) is 10.4 Å². The van der Waals surface area contributed by atoms with Crippen molar-refractivity contribution in [3.63, 3.8) is 0 Å². The van der Waals surface area contributed by atoms with Crippen molar-refractivity contribution in [3.05, 3.63) is 63.9 Å². The Bertz CT molecular complexity index is 713. The highest BCUT2D eigenvalue weighted by atomic mass is 32.1. The molecule has 2 aromatic rings. The lowest BCUT2D eigenvalue weighted by Gasteiger charge is -2.22. The zero-order chi connectivity index (χ0) is 16.0. The lowest BCUT2D eigenvalue weighted by Crippen LogP contribution is -2.37. The van der Waals surface area contributed by atoms with Crippen LogP contribution < -0.4 is 5.32 Å². The molecule has 1 aromatic carbocycles. The van der Waals surface area contributed by atoms with Crippen molar-refractivity contribution in [2.24, 2.45) is 0 Å². The third-order valence-corrected chi connectivity index (χ3v) is 3.88. The first kappa shape index (κ1) is 16.0. The molecule has 2 N–H and O–H groups in total. The van der Waals surface area contributed by atoms with E-state index in [4.69, 9.17) is 5.26 Å². The summed E-state index contributed by atoms with van der Waals surface area (Å²) in [5, 5.41) is 25.5. The van der Waals surface area contributed by atoms with Crippen LogP contribution in [0.3, 0.4) is 0 Å². The van der Waals surface area contributed by atoms with E-state index in [9.17, 15) is 9.90 Å². The third kappa shape index (κ3) is 4.29. The summed E-state index contributed by atoms with van der Waals surface area (Å²) in [7, 11) is 0. The molecule has 0 aliphatic carbocycles. The van der Waals surface area contributed by atoms with Crippen molar-refractivity contribution in [3.8, 4) is 6.07 Å². The van der Waals surface area contributed by atoms with Crippen LogP contribution in [0.5, 0.6) is 0 Å². The van der Waals surface area contributed by atoms with Crippen molar-refractivity contribution in [1.82, 2.24) is 5.32 Å². The normalized spacial score (nSPS) is 13.5. The van der Waals surface area contributed by atoms with Crippen molar-refractivity contribution < 1.29 is 9.90 Å². The fourth-order valence-electron chi connectivity index (χ4n) is 1.87. The number of amides is 1. The zero-order valence-electron chi connectivity index (χ0n) is 12.1. The van der Waals surface area contributed by atoms with Gasteiger partial charge >= 0.3 is 0 Å². The smallest absolute Gasteiger partial charge is 0.244 e. The second-order valence-corrected chi connectivity index (χ2v) is 5.85. The first-order valence-electron chi connectivity index (χ1n) is 6.72. The first-order chi connectivity index (χ1) is 10.5. The Labute approximate surface area is 133 Å². The van der Waals surface area contributed by atoms with Gasteiger partial charge in [0, 0.05) is 6.08 Å². The van der Waals surface area contributed by atoms with Crippen LogP contribution in [0.1, 0.15) is 23.6 Å². The molecule has 1 heterocycles. The number of nitrogens with zero attached hydrogens (tertiary/aromatic N) is 1. The van der Waals surface area contributed by atoms with E-state index in [1.54, 1.807) is 31.2 Å².